The molecule has 2 aromatic heterocycles. The fourth-order valence-corrected chi connectivity index (χ4v) is 5.51. The number of benzene rings is 4. The normalized spacial score (nSPS) is 11.1. The summed E-state index contributed by atoms with van der Waals surface area (Å²) in [6.45, 7) is 0.306. The predicted octanol–water partition coefficient (Wildman–Crippen LogP) is 6.28. The van der Waals surface area contributed by atoms with Crippen LogP contribution in [0.3, 0.4) is 0 Å². The summed E-state index contributed by atoms with van der Waals surface area (Å²) < 4.78 is 15.7. The predicted molar refractivity (Wildman–Crippen MR) is 156 cm³/mol. The number of urea groups is 1. The fourth-order valence-electron chi connectivity index (χ4n) is 4.99. The Morgan fingerprint density at radius 3 is 2.38 bits per heavy atom. The van der Waals surface area contributed by atoms with Crippen LogP contribution in [0.1, 0.15) is 16.1 Å². The molecule has 6 aromatic rings. The van der Waals surface area contributed by atoms with Crippen LogP contribution in [0.5, 0.6) is 5.75 Å². The lowest BCUT2D eigenvalue weighted by molar-refractivity contribution is 0.0687. The van der Waals surface area contributed by atoms with Crippen molar-refractivity contribution in [1.82, 2.24) is 13.3 Å². The highest BCUT2D eigenvalue weighted by molar-refractivity contribution is 7.00. The van der Waals surface area contributed by atoms with Gasteiger partial charge in [-0.2, -0.15) is 8.75 Å². The van der Waals surface area contributed by atoms with Crippen molar-refractivity contribution < 1.29 is 19.4 Å². The summed E-state index contributed by atoms with van der Waals surface area (Å²) in [6.07, 6.45) is 0. The highest BCUT2D eigenvalue weighted by Crippen LogP contribution is 2.39. The van der Waals surface area contributed by atoms with Crippen LogP contribution in [-0.2, 0) is 6.54 Å². The summed E-state index contributed by atoms with van der Waals surface area (Å²) in [5.41, 5.74) is 11.3. The molecule has 6 rings (SSSR count). The number of carbonyl (C=O) groups excluding carboxylic acids is 1. The summed E-state index contributed by atoms with van der Waals surface area (Å²) in [6, 6.07) is 26.8. The van der Waals surface area contributed by atoms with E-state index in [9.17, 15) is 14.7 Å². The van der Waals surface area contributed by atoms with Gasteiger partial charge in [0.25, 0.3) is 0 Å². The molecular formula is C30H23N5O4S. The van der Waals surface area contributed by atoms with Crippen LogP contribution in [0, 0.1) is 0 Å². The van der Waals surface area contributed by atoms with E-state index in [-0.39, 0.29) is 5.69 Å². The number of nitrogens with two attached hydrogens (primary N) is 1. The second-order valence-electron chi connectivity index (χ2n) is 9.14. The average Bonchev–Trinajstić information content (AvgIpc) is 3.56. The molecule has 198 valence electrons. The molecule has 0 radical (unpaired) electrons. The molecule has 0 saturated carbocycles. The van der Waals surface area contributed by atoms with E-state index >= 15 is 0 Å². The Hall–Kier alpha value is -5.22. The lowest BCUT2D eigenvalue weighted by Gasteiger charge is -2.21. The monoisotopic (exact) mass is 549 g/mol. The number of para-hydroxylation sites is 1. The zero-order valence-corrected chi connectivity index (χ0v) is 22.1. The lowest BCUT2D eigenvalue weighted by Crippen LogP contribution is -2.31. The van der Waals surface area contributed by atoms with E-state index in [1.54, 1.807) is 29.9 Å². The van der Waals surface area contributed by atoms with E-state index < -0.39 is 12.0 Å². The third-order valence-electron chi connectivity index (χ3n) is 6.78. The molecule has 0 spiro atoms. The summed E-state index contributed by atoms with van der Waals surface area (Å²) in [4.78, 5) is 26.9. The van der Waals surface area contributed by atoms with Gasteiger partial charge in [-0.15, -0.1) is 0 Å². The number of hydrogen-bond acceptors (Lipinski definition) is 6. The van der Waals surface area contributed by atoms with Gasteiger partial charge in [-0.05, 0) is 65.7 Å². The van der Waals surface area contributed by atoms with Crippen molar-refractivity contribution in [1.29, 1.82) is 0 Å². The zero-order valence-electron chi connectivity index (χ0n) is 21.3. The smallest absolute Gasteiger partial charge is 0.353 e. The van der Waals surface area contributed by atoms with Gasteiger partial charge in [0.05, 0.1) is 30.2 Å². The van der Waals surface area contributed by atoms with Gasteiger partial charge in [0.1, 0.15) is 22.5 Å². The van der Waals surface area contributed by atoms with Gasteiger partial charge in [-0.25, -0.2) is 9.59 Å². The molecule has 0 fully saturated rings. The minimum atomic E-state index is -1.08. The standard InChI is InChI=1S/C30H23N5O4S/c1-39-22-11-7-18(8-12-22)17-34-26-14-10-21(35(30(31)38)20-5-3-2-4-6-20)16-23(26)27(28(34)29(36)37)19-9-13-24-25(15-19)33-40-32-24/h2-16H,17H2,1H3,(H2,31,38)(H,36,37). The van der Waals surface area contributed by atoms with Gasteiger partial charge >= 0.3 is 12.0 Å². The van der Waals surface area contributed by atoms with E-state index in [0.29, 0.717) is 51.2 Å². The van der Waals surface area contributed by atoms with Crippen LogP contribution in [0.2, 0.25) is 0 Å². The van der Waals surface area contributed by atoms with Gasteiger partial charge in [0.2, 0.25) is 0 Å². The molecule has 40 heavy (non-hydrogen) atoms. The highest BCUT2D eigenvalue weighted by Gasteiger charge is 2.26. The molecule has 0 aliphatic carbocycles. The van der Waals surface area contributed by atoms with Crippen molar-refractivity contribution in [3.05, 3.63) is 102 Å². The SMILES string of the molecule is COc1ccc(Cn2c(C(=O)O)c(-c3ccc4nsnc4c3)c3cc(N(C(N)=O)c4ccccc4)ccc32)cc1. The molecule has 0 aliphatic rings. The number of rotatable bonds is 7. The molecule has 9 nitrogen and oxygen atoms in total. The van der Waals surface area contributed by atoms with Gasteiger partial charge in [0.15, 0.2) is 0 Å². The summed E-state index contributed by atoms with van der Waals surface area (Å²) >= 11 is 1.10. The Bertz CT molecular complexity index is 1880. The van der Waals surface area contributed by atoms with Crippen LogP contribution in [0.4, 0.5) is 16.2 Å². The molecule has 2 amide bonds. The number of carboxylic acids is 1. The van der Waals surface area contributed by atoms with E-state index in [1.165, 1.54) is 4.90 Å². The van der Waals surface area contributed by atoms with E-state index in [4.69, 9.17) is 10.5 Å². The molecule has 0 atom stereocenters. The summed E-state index contributed by atoms with van der Waals surface area (Å²) in [5.74, 6) is -0.366. The van der Waals surface area contributed by atoms with Crippen molar-refractivity contribution in [2.75, 3.05) is 12.0 Å². The first-order valence-corrected chi connectivity index (χ1v) is 13.1. The van der Waals surface area contributed by atoms with Crippen molar-refractivity contribution in [3.8, 4) is 16.9 Å². The first-order valence-electron chi connectivity index (χ1n) is 12.3. The van der Waals surface area contributed by atoms with Gasteiger partial charge < -0.3 is 20.1 Å². The highest BCUT2D eigenvalue weighted by atomic mass is 32.1. The van der Waals surface area contributed by atoms with Crippen LogP contribution >= 0.6 is 11.7 Å². The number of nitrogens with zero attached hydrogens (tertiary/aromatic N) is 4. The molecule has 10 heteroatoms. The molecule has 0 unspecified atom stereocenters. The Balaban J connectivity index is 1.61. The Morgan fingerprint density at radius 2 is 1.68 bits per heavy atom. The Labute approximate surface area is 233 Å². The van der Waals surface area contributed by atoms with E-state index in [2.05, 4.69) is 8.75 Å². The molecule has 4 aromatic carbocycles. The molecule has 0 aliphatic heterocycles. The van der Waals surface area contributed by atoms with Crippen LogP contribution in [0.25, 0.3) is 33.1 Å². The second kappa shape index (κ2) is 10.2. The molecular weight excluding hydrogens is 526 g/mol. The maximum atomic E-state index is 12.9. The number of fused-ring (bicyclic) bond motifs is 2. The van der Waals surface area contributed by atoms with Gasteiger partial charge in [-0.1, -0.05) is 36.4 Å². The zero-order chi connectivity index (χ0) is 27.8. The largest absolute Gasteiger partial charge is 0.497 e. The third kappa shape index (κ3) is 4.40. The van der Waals surface area contributed by atoms with Gasteiger partial charge in [-0.3, -0.25) is 4.90 Å². The van der Waals surface area contributed by atoms with Crippen LogP contribution < -0.4 is 15.4 Å². The summed E-state index contributed by atoms with van der Waals surface area (Å²) in [7, 11) is 1.60. The topological polar surface area (TPSA) is 124 Å². The quantitative estimate of drug-likeness (QED) is 0.241. The van der Waals surface area contributed by atoms with Crippen LogP contribution in [-0.4, -0.2) is 37.5 Å². The minimum absolute atomic E-state index is 0.121. The number of hydrogen-bond donors (Lipinski definition) is 2. The number of primary amides is 1. The maximum absolute atomic E-state index is 12.9. The maximum Gasteiger partial charge on any atom is 0.353 e. The number of ether oxygens (including phenoxy) is 1. The number of carboxylic acid groups (broad SMARTS) is 1. The fraction of sp³-hybridized carbons (Fsp3) is 0.0667. The second-order valence-corrected chi connectivity index (χ2v) is 9.67. The third-order valence-corrected chi connectivity index (χ3v) is 7.34. The molecule has 0 bridgehead atoms. The number of carbonyl (C=O) groups is 2. The van der Waals surface area contributed by atoms with Crippen molar-refractivity contribution in [2.24, 2.45) is 5.73 Å². The van der Waals surface area contributed by atoms with Crippen LogP contribution in [0.15, 0.2) is 91.0 Å². The van der Waals surface area contributed by atoms with Gasteiger partial charge in [0, 0.05) is 23.0 Å². The number of aromatic nitrogens is 3. The lowest BCUT2D eigenvalue weighted by atomic mass is 10.0. The first-order chi connectivity index (χ1) is 19.4. The number of methoxy groups -OCH3 is 1. The number of aromatic carboxylic acids is 1. The Kier molecular flexibility index (Phi) is 6.37. The van der Waals surface area contributed by atoms with E-state index in [0.717, 1.165) is 22.8 Å². The number of anilines is 2. The van der Waals surface area contributed by atoms with Crippen molar-refractivity contribution >= 4 is 57.0 Å². The summed E-state index contributed by atoms with van der Waals surface area (Å²) in [5, 5.41) is 11.2. The number of amides is 2. The average molecular weight is 550 g/mol. The first kappa shape index (κ1) is 25.1. The Morgan fingerprint density at radius 1 is 0.925 bits per heavy atom. The minimum Gasteiger partial charge on any atom is -0.497 e. The van der Waals surface area contributed by atoms with E-state index in [1.807, 2.05) is 72.8 Å². The van der Waals surface area contributed by atoms with Crippen molar-refractivity contribution in [3.63, 3.8) is 0 Å². The molecule has 0 saturated heterocycles. The molecule has 2 heterocycles. The molecule has 3 N–H and O–H groups in total. The van der Waals surface area contributed by atoms with Crippen molar-refractivity contribution in [2.45, 2.75) is 6.54 Å².